The van der Waals surface area contributed by atoms with Crippen LogP contribution in [0.4, 0.5) is 0 Å². The first-order valence-electron chi connectivity index (χ1n) is 4.48. The molecular formula is C12H11NS. The van der Waals surface area contributed by atoms with Crippen molar-refractivity contribution in [2.75, 3.05) is 0 Å². The third-order valence-corrected chi connectivity index (χ3v) is 2.40. The lowest BCUT2D eigenvalue weighted by molar-refractivity contribution is 1.20. The van der Waals surface area contributed by atoms with E-state index < -0.39 is 0 Å². The van der Waals surface area contributed by atoms with Gasteiger partial charge in [0, 0.05) is 16.8 Å². The van der Waals surface area contributed by atoms with E-state index in [9.17, 15) is 0 Å². The molecule has 1 nitrogen and oxygen atoms in total. The molecule has 0 unspecified atom stereocenters. The summed E-state index contributed by atoms with van der Waals surface area (Å²) in [4.78, 5) is 5.15. The van der Waals surface area contributed by atoms with Gasteiger partial charge in [-0.3, -0.25) is 4.98 Å². The molecule has 2 aromatic rings. The van der Waals surface area contributed by atoms with E-state index in [4.69, 9.17) is 0 Å². The smallest absolute Gasteiger partial charge is 0.0378 e. The van der Waals surface area contributed by atoms with Crippen LogP contribution in [0.25, 0.3) is 11.1 Å². The van der Waals surface area contributed by atoms with Crippen LogP contribution in [0.2, 0.25) is 0 Å². The molecule has 2 rings (SSSR count). The summed E-state index contributed by atoms with van der Waals surface area (Å²) in [7, 11) is 0. The van der Waals surface area contributed by atoms with E-state index in [1.54, 1.807) is 0 Å². The number of nitrogens with zero attached hydrogens (tertiary/aromatic N) is 1. The Morgan fingerprint density at radius 3 is 2.36 bits per heavy atom. The zero-order valence-electron chi connectivity index (χ0n) is 7.94. The Morgan fingerprint density at radius 2 is 1.71 bits per heavy atom. The van der Waals surface area contributed by atoms with Crippen molar-refractivity contribution in [2.45, 2.75) is 11.8 Å². The van der Waals surface area contributed by atoms with Gasteiger partial charge in [0.25, 0.3) is 0 Å². The van der Waals surface area contributed by atoms with E-state index in [2.05, 4.69) is 35.8 Å². The molecule has 70 valence electrons. The second-order valence-electron chi connectivity index (χ2n) is 3.23. The third kappa shape index (κ3) is 1.96. The molecule has 0 bridgehead atoms. The minimum Gasteiger partial charge on any atom is -0.262 e. The van der Waals surface area contributed by atoms with E-state index in [1.807, 2.05) is 31.3 Å². The molecule has 14 heavy (non-hydrogen) atoms. The maximum absolute atomic E-state index is 4.25. The highest BCUT2D eigenvalue weighted by molar-refractivity contribution is 7.80. The van der Waals surface area contributed by atoms with Gasteiger partial charge >= 0.3 is 0 Å². The van der Waals surface area contributed by atoms with Crippen LogP contribution < -0.4 is 0 Å². The summed E-state index contributed by atoms with van der Waals surface area (Å²) >= 11 is 4.25. The van der Waals surface area contributed by atoms with Crippen molar-refractivity contribution >= 4 is 12.6 Å². The van der Waals surface area contributed by atoms with Crippen LogP contribution in [0.15, 0.2) is 47.5 Å². The van der Waals surface area contributed by atoms with Crippen LogP contribution >= 0.6 is 12.6 Å². The first-order valence-corrected chi connectivity index (χ1v) is 4.92. The Morgan fingerprint density at radius 1 is 1.00 bits per heavy atom. The average molecular weight is 201 g/mol. The summed E-state index contributed by atoms with van der Waals surface area (Å²) < 4.78 is 0. The van der Waals surface area contributed by atoms with E-state index in [0.29, 0.717) is 0 Å². The highest BCUT2D eigenvalue weighted by Crippen LogP contribution is 2.20. The second-order valence-corrected chi connectivity index (χ2v) is 3.75. The third-order valence-electron chi connectivity index (χ3n) is 2.10. The van der Waals surface area contributed by atoms with Crippen LogP contribution in [-0.4, -0.2) is 4.98 Å². The molecule has 0 amide bonds. The van der Waals surface area contributed by atoms with Gasteiger partial charge in [-0.15, -0.1) is 12.6 Å². The number of aromatic nitrogens is 1. The Hall–Kier alpha value is -1.28. The molecule has 1 aromatic carbocycles. The highest BCUT2D eigenvalue weighted by atomic mass is 32.1. The van der Waals surface area contributed by atoms with Gasteiger partial charge in [0.15, 0.2) is 0 Å². The van der Waals surface area contributed by atoms with Crippen molar-refractivity contribution in [2.24, 2.45) is 0 Å². The first-order chi connectivity index (χ1) is 6.75. The van der Waals surface area contributed by atoms with Gasteiger partial charge < -0.3 is 0 Å². The lowest BCUT2D eigenvalue weighted by Crippen LogP contribution is -1.82. The van der Waals surface area contributed by atoms with Gasteiger partial charge in [-0.1, -0.05) is 12.1 Å². The topological polar surface area (TPSA) is 12.9 Å². The minimum atomic E-state index is 0.986. The fourth-order valence-corrected chi connectivity index (χ4v) is 1.53. The largest absolute Gasteiger partial charge is 0.262 e. The van der Waals surface area contributed by atoms with Crippen molar-refractivity contribution in [3.63, 3.8) is 0 Å². The van der Waals surface area contributed by atoms with Crippen LogP contribution in [0.3, 0.4) is 0 Å². The molecule has 0 aliphatic rings. The maximum atomic E-state index is 4.25. The summed E-state index contributed by atoms with van der Waals surface area (Å²) in [6.07, 6.45) is 1.83. The molecule has 1 heterocycles. The summed E-state index contributed by atoms with van der Waals surface area (Å²) in [6, 6.07) is 12.2. The van der Waals surface area contributed by atoms with E-state index >= 15 is 0 Å². The van der Waals surface area contributed by atoms with Crippen molar-refractivity contribution in [1.29, 1.82) is 0 Å². The monoisotopic (exact) mass is 201 g/mol. The van der Waals surface area contributed by atoms with E-state index in [1.165, 1.54) is 11.1 Å². The molecule has 0 atom stereocenters. The Labute approximate surface area is 89.2 Å². The van der Waals surface area contributed by atoms with Crippen LogP contribution in [0, 0.1) is 6.92 Å². The number of pyridine rings is 1. The van der Waals surface area contributed by atoms with Crippen molar-refractivity contribution in [1.82, 2.24) is 4.98 Å². The summed E-state index contributed by atoms with van der Waals surface area (Å²) in [6.45, 7) is 2.00. The fourth-order valence-electron chi connectivity index (χ4n) is 1.38. The number of hydrogen-bond acceptors (Lipinski definition) is 2. The Balaban J connectivity index is 2.44. The van der Waals surface area contributed by atoms with Crippen LogP contribution in [-0.2, 0) is 0 Å². The van der Waals surface area contributed by atoms with Gasteiger partial charge in [0.05, 0.1) is 0 Å². The maximum Gasteiger partial charge on any atom is 0.0378 e. The van der Waals surface area contributed by atoms with Gasteiger partial charge in [-0.2, -0.15) is 0 Å². The molecule has 0 aliphatic carbocycles. The zero-order chi connectivity index (χ0) is 9.97. The molecule has 0 fully saturated rings. The lowest BCUT2D eigenvalue weighted by Gasteiger charge is -2.02. The van der Waals surface area contributed by atoms with Crippen molar-refractivity contribution < 1.29 is 0 Å². The van der Waals surface area contributed by atoms with Crippen molar-refractivity contribution in [3.05, 3.63) is 48.3 Å². The SMILES string of the molecule is Cc1cc(-c2ccc(S)cc2)ccn1. The van der Waals surface area contributed by atoms with Crippen LogP contribution in [0.5, 0.6) is 0 Å². The summed E-state index contributed by atoms with van der Waals surface area (Å²) in [5.74, 6) is 0. The molecular weight excluding hydrogens is 190 g/mol. The molecule has 0 saturated carbocycles. The predicted octanol–water partition coefficient (Wildman–Crippen LogP) is 3.35. The zero-order valence-corrected chi connectivity index (χ0v) is 8.83. The first kappa shape index (κ1) is 9.28. The van der Waals surface area contributed by atoms with E-state index in [0.717, 1.165) is 10.6 Å². The average Bonchev–Trinajstić information content (AvgIpc) is 2.19. The number of thiol groups is 1. The number of benzene rings is 1. The minimum absolute atomic E-state index is 0.986. The molecule has 0 aliphatic heterocycles. The van der Waals surface area contributed by atoms with Gasteiger partial charge in [-0.25, -0.2) is 0 Å². The number of aryl methyl sites for hydroxylation is 1. The Kier molecular flexibility index (Phi) is 2.55. The summed E-state index contributed by atoms with van der Waals surface area (Å²) in [5, 5.41) is 0. The quantitative estimate of drug-likeness (QED) is 0.698. The predicted molar refractivity (Wildman–Crippen MR) is 61.7 cm³/mol. The molecule has 1 aromatic heterocycles. The van der Waals surface area contributed by atoms with Gasteiger partial charge in [0.1, 0.15) is 0 Å². The Bertz CT molecular complexity index is 434. The van der Waals surface area contributed by atoms with E-state index in [-0.39, 0.29) is 0 Å². The molecule has 0 N–H and O–H groups in total. The molecule has 0 saturated heterocycles. The highest BCUT2D eigenvalue weighted by Gasteiger charge is 1.97. The standard InChI is InChI=1S/C12H11NS/c1-9-8-11(6-7-13-9)10-2-4-12(14)5-3-10/h2-8,14H,1H3. The second kappa shape index (κ2) is 3.84. The number of rotatable bonds is 1. The summed E-state index contributed by atoms with van der Waals surface area (Å²) in [5.41, 5.74) is 3.44. The molecule has 0 radical (unpaired) electrons. The van der Waals surface area contributed by atoms with Crippen LogP contribution in [0.1, 0.15) is 5.69 Å². The fraction of sp³-hybridized carbons (Fsp3) is 0.0833. The lowest BCUT2D eigenvalue weighted by atomic mass is 10.1. The van der Waals surface area contributed by atoms with Gasteiger partial charge in [0.2, 0.25) is 0 Å². The number of hydrogen-bond donors (Lipinski definition) is 1. The molecule has 2 heteroatoms. The van der Waals surface area contributed by atoms with Crippen molar-refractivity contribution in [3.8, 4) is 11.1 Å². The normalized spacial score (nSPS) is 10.1. The molecule has 0 spiro atoms. The van der Waals surface area contributed by atoms with Gasteiger partial charge in [-0.05, 0) is 42.3 Å².